The molecule has 17 heavy (non-hydrogen) atoms. The molecule has 2 N–H and O–H groups in total. The zero-order valence-corrected chi connectivity index (χ0v) is 10.9. The van der Waals surface area contributed by atoms with Gasteiger partial charge in [0.25, 0.3) is 0 Å². The maximum Gasteiger partial charge on any atom is 0.126 e. The Hall–Kier alpha value is -1.35. The highest BCUT2D eigenvalue weighted by Crippen LogP contribution is 2.22. The number of benzene rings is 1. The molecule has 1 unspecified atom stereocenters. The zero-order chi connectivity index (χ0) is 12.4. The lowest BCUT2D eigenvalue weighted by molar-refractivity contribution is 0.597. The van der Waals surface area contributed by atoms with Crippen LogP contribution in [0.25, 0.3) is 11.0 Å². The van der Waals surface area contributed by atoms with Gasteiger partial charge in [-0.15, -0.1) is 0 Å². The van der Waals surface area contributed by atoms with Gasteiger partial charge in [-0.05, 0) is 37.5 Å². The lowest BCUT2D eigenvalue weighted by Gasteiger charge is -2.10. The Labute approximate surface area is 103 Å². The number of nitrogens with two attached hydrogens (primary N) is 1. The molecule has 2 rings (SSSR count). The number of aromatic nitrogens is 2. The molecule has 0 aliphatic rings. The van der Waals surface area contributed by atoms with E-state index in [9.17, 15) is 0 Å². The third kappa shape index (κ3) is 2.07. The summed E-state index contributed by atoms with van der Waals surface area (Å²) in [5.41, 5.74) is 9.72. The van der Waals surface area contributed by atoms with Crippen molar-refractivity contribution in [3.05, 3.63) is 29.6 Å². The number of imidazole rings is 1. The molecule has 3 heteroatoms. The van der Waals surface area contributed by atoms with Crippen molar-refractivity contribution in [2.24, 2.45) is 5.73 Å². The minimum absolute atomic E-state index is 0.0347. The van der Waals surface area contributed by atoms with Gasteiger partial charge < -0.3 is 10.3 Å². The van der Waals surface area contributed by atoms with E-state index in [4.69, 9.17) is 10.7 Å². The molecular weight excluding hydrogens is 210 g/mol. The highest BCUT2D eigenvalue weighted by Gasteiger charge is 2.14. The monoisotopic (exact) mass is 231 g/mol. The number of hydrogen-bond acceptors (Lipinski definition) is 2. The van der Waals surface area contributed by atoms with Gasteiger partial charge in [0.15, 0.2) is 0 Å². The molecule has 0 amide bonds. The van der Waals surface area contributed by atoms with E-state index in [1.165, 1.54) is 11.1 Å². The summed E-state index contributed by atoms with van der Waals surface area (Å²) in [5, 5.41) is 0. The molecule has 1 aromatic heterocycles. The number of hydrogen-bond donors (Lipinski definition) is 1. The molecule has 1 aromatic carbocycles. The van der Waals surface area contributed by atoms with E-state index in [-0.39, 0.29) is 6.04 Å². The minimum atomic E-state index is 0.0347. The summed E-state index contributed by atoms with van der Waals surface area (Å²) in [7, 11) is 0. The number of nitrogens with zero attached hydrogens (tertiary/aromatic N) is 2. The smallest absolute Gasteiger partial charge is 0.126 e. The first kappa shape index (κ1) is 12.1. The first-order chi connectivity index (χ1) is 8.21. The standard InChI is InChI=1S/C14H21N3/c1-4-10-7-8-13-12(9-10)16-14(11(15)5-2)17(13)6-3/h7-9,11H,4-6,15H2,1-3H3. The molecule has 0 spiro atoms. The maximum absolute atomic E-state index is 6.12. The normalized spacial score (nSPS) is 13.2. The Bertz CT molecular complexity index is 513. The lowest BCUT2D eigenvalue weighted by Crippen LogP contribution is -2.15. The van der Waals surface area contributed by atoms with E-state index >= 15 is 0 Å². The average molecular weight is 231 g/mol. The molecule has 1 atom stereocenters. The van der Waals surface area contributed by atoms with Crippen molar-refractivity contribution < 1.29 is 0 Å². The SMILES string of the molecule is CCc1ccc2c(c1)nc(C(N)CC)n2CC. The minimum Gasteiger partial charge on any atom is -0.327 e. The van der Waals surface area contributed by atoms with Gasteiger partial charge in [-0.2, -0.15) is 0 Å². The predicted molar refractivity (Wildman–Crippen MR) is 72.0 cm³/mol. The van der Waals surface area contributed by atoms with Crippen LogP contribution in [0.4, 0.5) is 0 Å². The first-order valence-corrected chi connectivity index (χ1v) is 6.45. The number of fused-ring (bicyclic) bond motifs is 1. The van der Waals surface area contributed by atoms with E-state index in [1.54, 1.807) is 0 Å². The molecule has 0 saturated heterocycles. The van der Waals surface area contributed by atoms with E-state index in [0.29, 0.717) is 0 Å². The van der Waals surface area contributed by atoms with E-state index in [1.807, 2.05) is 0 Å². The van der Waals surface area contributed by atoms with Crippen molar-refractivity contribution in [1.29, 1.82) is 0 Å². The van der Waals surface area contributed by atoms with Gasteiger partial charge >= 0.3 is 0 Å². The van der Waals surface area contributed by atoms with Crippen LogP contribution in [-0.2, 0) is 13.0 Å². The zero-order valence-electron chi connectivity index (χ0n) is 10.9. The number of aryl methyl sites for hydroxylation is 2. The quantitative estimate of drug-likeness (QED) is 0.879. The van der Waals surface area contributed by atoms with Crippen molar-refractivity contribution >= 4 is 11.0 Å². The lowest BCUT2D eigenvalue weighted by atomic mass is 10.1. The van der Waals surface area contributed by atoms with Crippen molar-refractivity contribution in [3.63, 3.8) is 0 Å². The Morgan fingerprint density at radius 1 is 1.29 bits per heavy atom. The molecule has 0 fully saturated rings. The molecule has 0 radical (unpaired) electrons. The van der Waals surface area contributed by atoms with Crippen LogP contribution in [0.2, 0.25) is 0 Å². The Morgan fingerprint density at radius 2 is 2.06 bits per heavy atom. The topological polar surface area (TPSA) is 43.8 Å². The van der Waals surface area contributed by atoms with Gasteiger partial charge in [-0.3, -0.25) is 0 Å². The summed E-state index contributed by atoms with van der Waals surface area (Å²) in [6.45, 7) is 7.32. The van der Waals surface area contributed by atoms with Crippen molar-refractivity contribution in [3.8, 4) is 0 Å². The highest BCUT2D eigenvalue weighted by atomic mass is 15.1. The Balaban J connectivity index is 2.61. The van der Waals surface area contributed by atoms with Gasteiger partial charge in [0.1, 0.15) is 5.82 Å². The molecule has 3 nitrogen and oxygen atoms in total. The largest absolute Gasteiger partial charge is 0.327 e. The second-order valence-electron chi connectivity index (χ2n) is 4.41. The highest BCUT2D eigenvalue weighted by molar-refractivity contribution is 5.77. The van der Waals surface area contributed by atoms with Crippen molar-refractivity contribution in [2.45, 2.75) is 46.2 Å². The van der Waals surface area contributed by atoms with E-state index in [2.05, 4.69) is 43.5 Å². The molecule has 1 heterocycles. The summed E-state index contributed by atoms with van der Waals surface area (Å²) < 4.78 is 2.23. The fourth-order valence-electron chi connectivity index (χ4n) is 2.21. The van der Waals surface area contributed by atoms with Crippen LogP contribution in [-0.4, -0.2) is 9.55 Å². The second kappa shape index (κ2) is 4.88. The van der Waals surface area contributed by atoms with Crippen LogP contribution in [0.5, 0.6) is 0 Å². The summed E-state index contributed by atoms with van der Waals surface area (Å²) in [4.78, 5) is 4.70. The van der Waals surface area contributed by atoms with Crippen LogP contribution in [0.3, 0.4) is 0 Å². The molecule has 0 saturated carbocycles. The molecule has 92 valence electrons. The Kier molecular flexibility index (Phi) is 3.48. The Morgan fingerprint density at radius 3 is 2.65 bits per heavy atom. The third-order valence-electron chi connectivity index (χ3n) is 3.34. The molecular formula is C14H21N3. The van der Waals surface area contributed by atoms with Gasteiger partial charge in [0, 0.05) is 6.54 Å². The summed E-state index contributed by atoms with van der Waals surface area (Å²) >= 11 is 0. The fourth-order valence-corrected chi connectivity index (χ4v) is 2.21. The van der Waals surface area contributed by atoms with Gasteiger partial charge in [0.05, 0.1) is 17.1 Å². The summed E-state index contributed by atoms with van der Waals surface area (Å²) in [5.74, 6) is 1.01. The summed E-state index contributed by atoms with van der Waals surface area (Å²) in [6, 6.07) is 6.55. The van der Waals surface area contributed by atoms with Crippen LogP contribution < -0.4 is 5.73 Å². The molecule has 0 aliphatic heterocycles. The summed E-state index contributed by atoms with van der Waals surface area (Å²) in [6.07, 6.45) is 1.97. The van der Waals surface area contributed by atoms with Crippen molar-refractivity contribution in [2.75, 3.05) is 0 Å². The van der Waals surface area contributed by atoms with Crippen LogP contribution in [0, 0.1) is 0 Å². The van der Waals surface area contributed by atoms with Crippen LogP contribution in [0.1, 0.15) is 44.6 Å². The second-order valence-corrected chi connectivity index (χ2v) is 4.41. The van der Waals surface area contributed by atoms with E-state index in [0.717, 1.165) is 30.7 Å². The number of rotatable bonds is 4. The third-order valence-corrected chi connectivity index (χ3v) is 3.34. The maximum atomic E-state index is 6.12. The van der Waals surface area contributed by atoms with Gasteiger partial charge in [-0.1, -0.05) is 19.9 Å². The average Bonchev–Trinajstić information content (AvgIpc) is 2.74. The van der Waals surface area contributed by atoms with Crippen LogP contribution in [0.15, 0.2) is 18.2 Å². The van der Waals surface area contributed by atoms with Crippen molar-refractivity contribution in [1.82, 2.24) is 9.55 Å². The molecule has 0 bridgehead atoms. The van der Waals surface area contributed by atoms with E-state index < -0.39 is 0 Å². The molecule has 0 aliphatic carbocycles. The first-order valence-electron chi connectivity index (χ1n) is 6.45. The van der Waals surface area contributed by atoms with Crippen LogP contribution >= 0.6 is 0 Å². The molecule has 2 aromatic rings. The predicted octanol–water partition coefficient (Wildman–Crippen LogP) is 3.03. The fraction of sp³-hybridized carbons (Fsp3) is 0.500. The van der Waals surface area contributed by atoms with Gasteiger partial charge in [-0.25, -0.2) is 4.98 Å². The van der Waals surface area contributed by atoms with Gasteiger partial charge in [0.2, 0.25) is 0 Å².